The first-order chi connectivity index (χ1) is 8.80. The Hall–Kier alpha value is -0.120. The van der Waals surface area contributed by atoms with Gasteiger partial charge in [-0.05, 0) is 57.2 Å². The Labute approximate surface area is 119 Å². The number of nitrogens with zero attached hydrogens (tertiary/aromatic N) is 1. The third-order valence-electron chi connectivity index (χ3n) is 4.54. The van der Waals surface area contributed by atoms with Crippen LogP contribution in [0.1, 0.15) is 53.9 Å². The molecule has 1 heterocycles. The fourth-order valence-corrected chi connectivity index (χ4v) is 3.04. The average molecular weight is 270 g/mol. The largest absolute Gasteiger partial charge is 0.394 e. The van der Waals surface area contributed by atoms with Gasteiger partial charge in [0.25, 0.3) is 0 Å². The second kappa shape index (κ2) is 7.05. The van der Waals surface area contributed by atoms with Gasteiger partial charge in [0.15, 0.2) is 0 Å². The predicted octanol–water partition coefficient (Wildman–Crippen LogP) is 2.50. The molecule has 0 aromatic carbocycles. The summed E-state index contributed by atoms with van der Waals surface area (Å²) in [5.41, 5.74) is 0.289. The standard InChI is InChI=1S/C16H34N2O/c1-6-9-17-16(5,13-19)12-18-10-7-14(8-11-18)15(2,3)4/h14,17,19H,6-13H2,1-5H3. The van der Waals surface area contributed by atoms with Gasteiger partial charge in [0.1, 0.15) is 0 Å². The summed E-state index contributed by atoms with van der Waals surface area (Å²) in [7, 11) is 0. The normalized spacial score (nSPS) is 22.4. The fraction of sp³-hybridized carbons (Fsp3) is 1.00. The van der Waals surface area contributed by atoms with Crippen molar-refractivity contribution in [2.75, 3.05) is 32.8 Å². The van der Waals surface area contributed by atoms with Gasteiger partial charge in [-0.2, -0.15) is 0 Å². The molecule has 1 unspecified atom stereocenters. The molecule has 1 atom stereocenters. The Kier molecular flexibility index (Phi) is 6.28. The Bertz CT molecular complexity index is 254. The second-order valence-corrected chi connectivity index (χ2v) is 7.56. The Balaban J connectivity index is 2.43. The van der Waals surface area contributed by atoms with E-state index in [9.17, 15) is 5.11 Å². The molecule has 1 saturated heterocycles. The van der Waals surface area contributed by atoms with Gasteiger partial charge in [0, 0.05) is 6.54 Å². The lowest BCUT2D eigenvalue weighted by atomic mass is 9.75. The number of likely N-dealkylation sites (tertiary alicyclic amines) is 1. The maximum atomic E-state index is 9.63. The number of hydrogen-bond acceptors (Lipinski definition) is 3. The lowest BCUT2D eigenvalue weighted by Gasteiger charge is -2.42. The van der Waals surface area contributed by atoms with Crippen LogP contribution in [-0.4, -0.2) is 48.3 Å². The van der Waals surface area contributed by atoms with Crippen molar-refractivity contribution in [1.82, 2.24) is 10.2 Å². The summed E-state index contributed by atoms with van der Waals surface area (Å²) in [5.74, 6) is 0.840. The van der Waals surface area contributed by atoms with Gasteiger partial charge in [0.2, 0.25) is 0 Å². The molecule has 1 rings (SSSR count). The van der Waals surface area contributed by atoms with Crippen molar-refractivity contribution in [2.24, 2.45) is 11.3 Å². The van der Waals surface area contributed by atoms with Crippen LogP contribution in [0.2, 0.25) is 0 Å². The average Bonchev–Trinajstić information content (AvgIpc) is 2.36. The van der Waals surface area contributed by atoms with Crippen LogP contribution in [-0.2, 0) is 0 Å². The second-order valence-electron chi connectivity index (χ2n) is 7.56. The zero-order chi connectivity index (χ0) is 14.5. The molecule has 0 saturated carbocycles. The maximum absolute atomic E-state index is 9.63. The number of hydrogen-bond donors (Lipinski definition) is 2. The van der Waals surface area contributed by atoms with Crippen molar-refractivity contribution in [3.05, 3.63) is 0 Å². The lowest BCUT2D eigenvalue weighted by Crippen LogP contribution is -2.55. The third kappa shape index (κ3) is 5.41. The number of nitrogens with one attached hydrogen (secondary N) is 1. The summed E-state index contributed by atoms with van der Waals surface area (Å²) in [6.45, 7) is 15.9. The van der Waals surface area contributed by atoms with Gasteiger partial charge in [-0.3, -0.25) is 0 Å². The molecule has 0 radical (unpaired) electrons. The van der Waals surface area contributed by atoms with Crippen molar-refractivity contribution in [2.45, 2.75) is 59.4 Å². The molecular weight excluding hydrogens is 236 g/mol. The van der Waals surface area contributed by atoms with Gasteiger partial charge >= 0.3 is 0 Å². The molecule has 0 aromatic rings. The summed E-state index contributed by atoms with van der Waals surface area (Å²) in [6, 6.07) is 0. The highest BCUT2D eigenvalue weighted by Crippen LogP contribution is 2.34. The minimum absolute atomic E-state index is 0.148. The smallest absolute Gasteiger partial charge is 0.0623 e. The van der Waals surface area contributed by atoms with Crippen LogP contribution in [0.25, 0.3) is 0 Å². The first-order valence-electron chi connectivity index (χ1n) is 7.89. The lowest BCUT2D eigenvalue weighted by molar-refractivity contribution is 0.0707. The quantitative estimate of drug-likeness (QED) is 0.778. The van der Waals surface area contributed by atoms with E-state index in [1.807, 2.05) is 0 Å². The van der Waals surface area contributed by atoms with Crippen LogP contribution in [0.4, 0.5) is 0 Å². The highest BCUT2D eigenvalue weighted by molar-refractivity contribution is 4.89. The molecule has 0 aliphatic carbocycles. The van der Waals surface area contributed by atoms with Gasteiger partial charge < -0.3 is 15.3 Å². The molecule has 0 aromatic heterocycles. The van der Waals surface area contributed by atoms with E-state index >= 15 is 0 Å². The first kappa shape index (κ1) is 16.9. The van der Waals surface area contributed by atoms with Gasteiger partial charge in [0.05, 0.1) is 12.1 Å². The molecule has 1 fully saturated rings. The Morgan fingerprint density at radius 2 is 1.74 bits per heavy atom. The van der Waals surface area contributed by atoms with Crippen LogP contribution in [0.15, 0.2) is 0 Å². The van der Waals surface area contributed by atoms with Gasteiger partial charge in [-0.25, -0.2) is 0 Å². The van der Waals surface area contributed by atoms with Crippen LogP contribution in [0, 0.1) is 11.3 Å². The van der Waals surface area contributed by atoms with Crippen molar-refractivity contribution in [3.8, 4) is 0 Å². The van der Waals surface area contributed by atoms with E-state index in [2.05, 4.69) is 44.8 Å². The molecule has 0 amide bonds. The van der Waals surface area contributed by atoms with E-state index < -0.39 is 0 Å². The van der Waals surface area contributed by atoms with E-state index in [0.29, 0.717) is 5.41 Å². The topological polar surface area (TPSA) is 35.5 Å². The summed E-state index contributed by atoms with van der Waals surface area (Å²) in [4.78, 5) is 2.52. The molecule has 1 aliphatic heterocycles. The van der Waals surface area contributed by atoms with Gasteiger partial charge in [-0.15, -0.1) is 0 Å². The molecule has 3 nitrogen and oxygen atoms in total. The molecular formula is C16H34N2O. The Morgan fingerprint density at radius 3 is 2.16 bits per heavy atom. The van der Waals surface area contributed by atoms with Gasteiger partial charge in [-0.1, -0.05) is 27.7 Å². The molecule has 3 heteroatoms. The maximum Gasteiger partial charge on any atom is 0.0623 e. The highest BCUT2D eigenvalue weighted by Gasteiger charge is 2.32. The predicted molar refractivity (Wildman–Crippen MR) is 82.4 cm³/mol. The molecule has 114 valence electrons. The zero-order valence-corrected chi connectivity index (χ0v) is 13.6. The third-order valence-corrected chi connectivity index (χ3v) is 4.54. The van der Waals surface area contributed by atoms with E-state index in [-0.39, 0.29) is 12.1 Å². The van der Waals surface area contributed by atoms with Crippen molar-refractivity contribution >= 4 is 0 Å². The summed E-state index contributed by atoms with van der Waals surface area (Å²) < 4.78 is 0. The number of aliphatic hydroxyl groups is 1. The molecule has 2 N–H and O–H groups in total. The summed E-state index contributed by atoms with van der Waals surface area (Å²) in [5, 5.41) is 13.1. The van der Waals surface area contributed by atoms with Crippen LogP contribution < -0.4 is 5.32 Å². The highest BCUT2D eigenvalue weighted by atomic mass is 16.3. The molecule has 0 spiro atoms. The van der Waals surface area contributed by atoms with E-state index in [1.165, 1.54) is 25.9 Å². The zero-order valence-electron chi connectivity index (χ0n) is 13.6. The Morgan fingerprint density at radius 1 is 1.16 bits per heavy atom. The summed E-state index contributed by atoms with van der Waals surface area (Å²) >= 11 is 0. The van der Waals surface area contributed by atoms with Crippen LogP contribution >= 0.6 is 0 Å². The van der Waals surface area contributed by atoms with Crippen molar-refractivity contribution in [1.29, 1.82) is 0 Å². The number of piperidine rings is 1. The van der Waals surface area contributed by atoms with E-state index in [4.69, 9.17) is 0 Å². The monoisotopic (exact) mass is 270 g/mol. The minimum Gasteiger partial charge on any atom is -0.394 e. The number of aliphatic hydroxyl groups excluding tert-OH is 1. The number of rotatable bonds is 6. The minimum atomic E-state index is -0.148. The van der Waals surface area contributed by atoms with Crippen molar-refractivity contribution in [3.63, 3.8) is 0 Å². The SMILES string of the molecule is CCCNC(C)(CO)CN1CCC(C(C)(C)C)CC1. The van der Waals surface area contributed by atoms with Crippen molar-refractivity contribution < 1.29 is 5.11 Å². The summed E-state index contributed by atoms with van der Waals surface area (Å²) in [6.07, 6.45) is 3.69. The van der Waals surface area contributed by atoms with E-state index in [1.54, 1.807) is 0 Å². The molecule has 19 heavy (non-hydrogen) atoms. The molecule has 0 bridgehead atoms. The van der Waals surface area contributed by atoms with E-state index in [0.717, 1.165) is 25.4 Å². The molecule has 1 aliphatic rings. The fourth-order valence-electron chi connectivity index (χ4n) is 3.04. The van der Waals surface area contributed by atoms with Crippen LogP contribution in [0.3, 0.4) is 0 Å². The first-order valence-corrected chi connectivity index (χ1v) is 7.89. The van der Waals surface area contributed by atoms with Crippen LogP contribution in [0.5, 0.6) is 0 Å².